The molecule has 3 rings (SSSR count). The molecule has 0 amide bonds. The van der Waals surface area contributed by atoms with Crippen LogP contribution in [0, 0.1) is 20.8 Å². The second-order valence-corrected chi connectivity index (χ2v) is 8.75. The smallest absolute Gasteiger partial charge is 0.269 e. The summed E-state index contributed by atoms with van der Waals surface area (Å²) in [5.74, 6) is 0. The van der Waals surface area contributed by atoms with Crippen LogP contribution in [0.5, 0.6) is 0 Å². The van der Waals surface area contributed by atoms with Crippen molar-refractivity contribution in [2.24, 2.45) is 0 Å². The summed E-state index contributed by atoms with van der Waals surface area (Å²) in [7, 11) is -2.57. The van der Waals surface area contributed by atoms with Crippen LogP contribution in [0.2, 0.25) is 0 Å². The normalized spacial score (nSPS) is 11.8. The van der Waals surface area contributed by atoms with Gasteiger partial charge in [0.15, 0.2) is 9.86 Å². The number of benzene rings is 1. The molecule has 0 unspecified atom stereocenters. The lowest BCUT2D eigenvalue weighted by Crippen LogP contribution is -2.33. The maximum Gasteiger partial charge on any atom is 0.279 e. The van der Waals surface area contributed by atoms with Gasteiger partial charge >= 0.3 is 0 Å². The first kappa shape index (κ1) is 16.7. The molecule has 126 valence electrons. The highest BCUT2D eigenvalue weighted by Crippen LogP contribution is 2.23. The molecule has 1 aromatic carbocycles. The monoisotopic (exact) mass is 363 g/mol. The minimum atomic E-state index is -4.01. The average molecular weight is 363 g/mol. The van der Waals surface area contributed by atoms with Crippen molar-refractivity contribution >= 4 is 32.0 Å². The fourth-order valence-corrected chi connectivity index (χ4v) is 4.74. The molecule has 2 heterocycles. The highest BCUT2D eigenvalue weighted by molar-refractivity contribution is 7.92. The number of sulfonamides is 1. The fourth-order valence-electron chi connectivity index (χ4n) is 2.46. The Morgan fingerprint density at radius 1 is 1.12 bits per heavy atom. The molecule has 8 heteroatoms. The Balaban J connectivity index is 2.21. The molecular weight excluding hydrogens is 346 g/mol. The van der Waals surface area contributed by atoms with Gasteiger partial charge in [-0.05, 0) is 32.9 Å². The predicted molar refractivity (Wildman–Crippen MR) is 95.6 cm³/mol. The van der Waals surface area contributed by atoms with Crippen LogP contribution in [-0.2, 0) is 10.0 Å². The van der Waals surface area contributed by atoms with E-state index >= 15 is 0 Å². The third-order valence-corrected chi connectivity index (χ3v) is 6.61. The summed E-state index contributed by atoms with van der Waals surface area (Å²) in [4.78, 5) is 18.1. The quantitative estimate of drug-likeness (QED) is 0.717. The molecule has 0 radical (unpaired) electrons. The predicted octanol–water partition coefficient (Wildman–Crippen LogP) is 2.51. The van der Waals surface area contributed by atoms with E-state index in [0.29, 0.717) is 10.6 Å². The van der Waals surface area contributed by atoms with Crippen LogP contribution in [0.25, 0.3) is 4.96 Å². The molecule has 0 aliphatic heterocycles. The van der Waals surface area contributed by atoms with Crippen molar-refractivity contribution in [2.45, 2.75) is 25.7 Å². The third kappa shape index (κ3) is 2.61. The standard InChI is InChI=1S/C16H17N3O3S2/c1-10-5-7-13(8-6-10)18(4)24(21,22)14-12(3)17-16-19(15(14)20)9-11(2)23-16/h5-9H,1-4H3. The van der Waals surface area contributed by atoms with E-state index in [9.17, 15) is 13.2 Å². The van der Waals surface area contributed by atoms with Crippen molar-refractivity contribution < 1.29 is 8.42 Å². The van der Waals surface area contributed by atoms with E-state index in [4.69, 9.17) is 0 Å². The van der Waals surface area contributed by atoms with Gasteiger partial charge in [-0.3, -0.25) is 13.5 Å². The van der Waals surface area contributed by atoms with Crippen molar-refractivity contribution in [1.29, 1.82) is 0 Å². The molecule has 0 spiro atoms. The van der Waals surface area contributed by atoms with Crippen molar-refractivity contribution in [3.8, 4) is 0 Å². The van der Waals surface area contributed by atoms with Gasteiger partial charge in [0.1, 0.15) is 0 Å². The Labute approximate surface area is 144 Å². The number of hydrogen-bond donors (Lipinski definition) is 0. The molecule has 0 saturated carbocycles. The summed E-state index contributed by atoms with van der Waals surface area (Å²) in [6.07, 6.45) is 1.61. The van der Waals surface area contributed by atoms with Gasteiger partial charge < -0.3 is 0 Å². The molecule has 6 nitrogen and oxygen atoms in total. The second-order valence-electron chi connectivity index (χ2n) is 5.63. The lowest BCUT2D eigenvalue weighted by Gasteiger charge is -2.20. The van der Waals surface area contributed by atoms with E-state index in [1.165, 1.54) is 22.8 Å². The Morgan fingerprint density at radius 2 is 1.75 bits per heavy atom. The van der Waals surface area contributed by atoms with Gasteiger partial charge in [-0.25, -0.2) is 13.4 Å². The highest BCUT2D eigenvalue weighted by atomic mass is 32.2. The van der Waals surface area contributed by atoms with Gasteiger partial charge in [0.2, 0.25) is 0 Å². The van der Waals surface area contributed by atoms with Gasteiger partial charge in [-0.1, -0.05) is 17.7 Å². The van der Waals surface area contributed by atoms with Crippen LogP contribution in [0.3, 0.4) is 0 Å². The first-order valence-electron chi connectivity index (χ1n) is 7.27. The number of thiazole rings is 1. The average Bonchev–Trinajstić information content (AvgIpc) is 2.87. The lowest BCUT2D eigenvalue weighted by molar-refractivity contribution is 0.591. The Hall–Kier alpha value is -2.19. The number of nitrogens with zero attached hydrogens (tertiary/aromatic N) is 3. The van der Waals surface area contributed by atoms with Gasteiger partial charge in [0.05, 0.1) is 11.4 Å². The third-order valence-electron chi connectivity index (χ3n) is 3.79. The molecule has 0 aliphatic rings. The Kier molecular flexibility index (Phi) is 3.97. The second kappa shape index (κ2) is 5.71. The minimum Gasteiger partial charge on any atom is -0.269 e. The molecule has 0 bridgehead atoms. The number of aryl methyl sites for hydroxylation is 3. The van der Waals surface area contributed by atoms with E-state index in [1.807, 2.05) is 26.0 Å². The van der Waals surface area contributed by atoms with E-state index in [2.05, 4.69) is 4.98 Å². The molecule has 0 fully saturated rings. The van der Waals surface area contributed by atoms with Crippen LogP contribution in [0.15, 0.2) is 40.2 Å². The van der Waals surface area contributed by atoms with Gasteiger partial charge in [-0.15, -0.1) is 11.3 Å². The van der Waals surface area contributed by atoms with Crippen LogP contribution >= 0.6 is 11.3 Å². The molecule has 0 saturated heterocycles. The van der Waals surface area contributed by atoms with Crippen LogP contribution < -0.4 is 9.86 Å². The minimum absolute atomic E-state index is 0.209. The van der Waals surface area contributed by atoms with Crippen molar-refractivity contribution in [1.82, 2.24) is 9.38 Å². The molecule has 0 N–H and O–H groups in total. The fraction of sp³-hybridized carbons (Fsp3) is 0.250. The summed E-state index contributed by atoms with van der Waals surface area (Å²) in [6, 6.07) is 7.07. The Bertz CT molecular complexity index is 1080. The van der Waals surface area contributed by atoms with E-state index < -0.39 is 15.6 Å². The number of rotatable bonds is 3. The van der Waals surface area contributed by atoms with Crippen LogP contribution in [0.1, 0.15) is 16.1 Å². The molecule has 3 aromatic rings. The number of hydrogen-bond acceptors (Lipinski definition) is 5. The zero-order valence-electron chi connectivity index (χ0n) is 13.8. The molecule has 0 atom stereocenters. The maximum absolute atomic E-state index is 13.0. The van der Waals surface area contributed by atoms with E-state index in [0.717, 1.165) is 14.7 Å². The van der Waals surface area contributed by atoms with Gasteiger partial charge in [0, 0.05) is 18.1 Å². The molecule has 2 aromatic heterocycles. The molecule has 24 heavy (non-hydrogen) atoms. The van der Waals surface area contributed by atoms with Crippen molar-refractivity contribution in [2.75, 3.05) is 11.4 Å². The number of aromatic nitrogens is 2. The topological polar surface area (TPSA) is 71.8 Å². The largest absolute Gasteiger partial charge is 0.279 e. The number of anilines is 1. The summed E-state index contributed by atoms with van der Waals surface area (Å²) < 4.78 is 28.4. The summed E-state index contributed by atoms with van der Waals surface area (Å²) in [5.41, 5.74) is 1.16. The molecular formula is C16H17N3O3S2. The summed E-state index contributed by atoms with van der Waals surface area (Å²) in [5, 5.41) is 0. The van der Waals surface area contributed by atoms with Gasteiger partial charge in [0.25, 0.3) is 15.6 Å². The zero-order valence-corrected chi connectivity index (χ0v) is 15.4. The highest BCUT2D eigenvalue weighted by Gasteiger charge is 2.29. The molecule has 0 aliphatic carbocycles. The Morgan fingerprint density at radius 3 is 2.38 bits per heavy atom. The maximum atomic E-state index is 13.0. The van der Waals surface area contributed by atoms with Crippen LogP contribution in [0.4, 0.5) is 5.69 Å². The van der Waals surface area contributed by atoms with Crippen LogP contribution in [-0.4, -0.2) is 24.9 Å². The SMILES string of the molecule is Cc1ccc(N(C)S(=O)(=O)c2c(C)nc3sc(C)cn3c2=O)cc1. The lowest BCUT2D eigenvalue weighted by atomic mass is 10.2. The van der Waals surface area contributed by atoms with Crippen molar-refractivity contribution in [3.05, 3.63) is 57.0 Å². The van der Waals surface area contributed by atoms with E-state index in [1.54, 1.807) is 25.3 Å². The van der Waals surface area contributed by atoms with E-state index in [-0.39, 0.29) is 10.6 Å². The first-order valence-corrected chi connectivity index (χ1v) is 9.52. The summed E-state index contributed by atoms with van der Waals surface area (Å²) >= 11 is 1.35. The van der Waals surface area contributed by atoms with Crippen molar-refractivity contribution in [3.63, 3.8) is 0 Å². The zero-order chi connectivity index (χ0) is 17.6. The summed E-state index contributed by atoms with van der Waals surface area (Å²) in [6.45, 7) is 5.32. The first-order chi connectivity index (χ1) is 11.2. The van der Waals surface area contributed by atoms with Gasteiger partial charge in [-0.2, -0.15) is 0 Å². The number of fused-ring (bicyclic) bond motifs is 1.